The van der Waals surface area contributed by atoms with E-state index in [0.717, 1.165) is 16.7 Å². The standard InChI is InChI=1S/C22H29NO4/c1-6-25-20-9-8-18(13-21(20)26-7-2)14-23-22(24)17(5)27-19-11-15(3)10-16(4)12-19/h8-13,17H,6-7,14H2,1-5H3,(H,23,24)/t17-/m1/s1. The molecule has 0 aliphatic carbocycles. The zero-order valence-corrected chi connectivity index (χ0v) is 16.8. The molecule has 2 rings (SSSR count). The SMILES string of the molecule is CCOc1ccc(CNC(=O)[C@@H](C)Oc2cc(C)cc(C)c2)cc1OCC. The Morgan fingerprint density at radius 1 is 0.963 bits per heavy atom. The van der Waals surface area contributed by atoms with Gasteiger partial charge in [-0.3, -0.25) is 4.79 Å². The third-order valence-corrected chi connectivity index (χ3v) is 3.95. The van der Waals surface area contributed by atoms with E-state index in [1.165, 1.54) is 0 Å². The number of hydrogen-bond donors (Lipinski definition) is 1. The van der Waals surface area contributed by atoms with Crippen molar-refractivity contribution in [2.75, 3.05) is 13.2 Å². The maximum atomic E-state index is 12.4. The number of aryl methyl sites for hydroxylation is 2. The van der Waals surface area contributed by atoms with Gasteiger partial charge in [-0.1, -0.05) is 12.1 Å². The Kier molecular flexibility index (Phi) is 7.53. The van der Waals surface area contributed by atoms with Gasteiger partial charge in [0.25, 0.3) is 5.91 Å². The van der Waals surface area contributed by atoms with E-state index in [0.29, 0.717) is 37.0 Å². The maximum Gasteiger partial charge on any atom is 0.261 e. The molecule has 0 heterocycles. The summed E-state index contributed by atoms with van der Waals surface area (Å²) in [6.45, 7) is 11.1. The fourth-order valence-electron chi connectivity index (χ4n) is 2.80. The van der Waals surface area contributed by atoms with Gasteiger partial charge >= 0.3 is 0 Å². The van der Waals surface area contributed by atoms with Gasteiger partial charge in [-0.2, -0.15) is 0 Å². The number of benzene rings is 2. The molecule has 0 saturated carbocycles. The minimum absolute atomic E-state index is 0.166. The van der Waals surface area contributed by atoms with Gasteiger partial charge in [-0.15, -0.1) is 0 Å². The lowest BCUT2D eigenvalue weighted by molar-refractivity contribution is -0.127. The van der Waals surface area contributed by atoms with E-state index >= 15 is 0 Å². The van der Waals surface area contributed by atoms with Gasteiger partial charge in [0, 0.05) is 6.54 Å². The van der Waals surface area contributed by atoms with Crippen LogP contribution >= 0.6 is 0 Å². The molecule has 1 atom stereocenters. The molecule has 0 aliphatic rings. The number of nitrogens with one attached hydrogen (secondary N) is 1. The number of carbonyl (C=O) groups excluding carboxylic acids is 1. The third kappa shape index (κ3) is 6.20. The van der Waals surface area contributed by atoms with Crippen LogP contribution in [0.1, 0.15) is 37.5 Å². The van der Waals surface area contributed by atoms with Crippen molar-refractivity contribution in [3.63, 3.8) is 0 Å². The number of hydrogen-bond acceptors (Lipinski definition) is 4. The molecule has 0 fully saturated rings. The first-order chi connectivity index (χ1) is 12.9. The molecular formula is C22H29NO4. The molecule has 0 spiro atoms. The number of amides is 1. The second kappa shape index (κ2) is 9.86. The monoisotopic (exact) mass is 371 g/mol. The van der Waals surface area contributed by atoms with Gasteiger partial charge in [0.1, 0.15) is 5.75 Å². The lowest BCUT2D eigenvalue weighted by Crippen LogP contribution is -2.35. The number of carbonyl (C=O) groups is 1. The summed E-state index contributed by atoms with van der Waals surface area (Å²) in [6, 6.07) is 11.6. The topological polar surface area (TPSA) is 56.8 Å². The van der Waals surface area contributed by atoms with E-state index in [2.05, 4.69) is 11.4 Å². The van der Waals surface area contributed by atoms with Gasteiger partial charge in [0.05, 0.1) is 13.2 Å². The van der Waals surface area contributed by atoms with Crippen molar-refractivity contribution in [2.24, 2.45) is 0 Å². The Bertz CT molecular complexity index is 753. The van der Waals surface area contributed by atoms with Crippen molar-refractivity contribution in [2.45, 2.75) is 47.3 Å². The summed E-state index contributed by atoms with van der Waals surface area (Å²) in [5.74, 6) is 1.93. The molecule has 2 aromatic carbocycles. The molecule has 2 aromatic rings. The average Bonchev–Trinajstić information content (AvgIpc) is 2.61. The Labute approximate surface area is 161 Å². The largest absolute Gasteiger partial charge is 0.490 e. The highest BCUT2D eigenvalue weighted by molar-refractivity contribution is 5.80. The quantitative estimate of drug-likeness (QED) is 0.718. The molecule has 146 valence electrons. The molecule has 1 amide bonds. The van der Waals surface area contributed by atoms with Crippen LogP contribution in [0, 0.1) is 13.8 Å². The Morgan fingerprint density at radius 3 is 2.22 bits per heavy atom. The van der Waals surface area contributed by atoms with Crippen LogP contribution in [-0.2, 0) is 11.3 Å². The lowest BCUT2D eigenvalue weighted by Gasteiger charge is -2.16. The number of ether oxygens (including phenoxy) is 3. The molecule has 5 heteroatoms. The van der Waals surface area contributed by atoms with Crippen LogP contribution in [0.2, 0.25) is 0 Å². The van der Waals surface area contributed by atoms with Crippen LogP contribution in [0.4, 0.5) is 0 Å². The summed E-state index contributed by atoms with van der Waals surface area (Å²) in [5, 5.41) is 2.91. The minimum Gasteiger partial charge on any atom is -0.490 e. The summed E-state index contributed by atoms with van der Waals surface area (Å²) in [4.78, 5) is 12.4. The third-order valence-electron chi connectivity index (χ3n) is 3.95. The van der Waals surface area contributed by atoms with E-state index in [1.807, 2.05) is 58.0 Å². The zero-order valence-electron chi connectivity index (χ0n) is 16.8. The Morgan fingerprint density at radius 2 is 1.59 bits per heavy atom. The molecule has 0 unspecified atom stereocenters. The van der Waals surface area contributed by atoms with E-state index in [-0.39, 0.29) is 5.91 Å². The normalized spacial score (nSPS) is 11.6. The van der Waals surface area contributed by atoms with Crippen molar-refractivity contribution in [1.82, 2.24) is 5.32 Å². The molecule has 0 bridgehead atoms. The first kappa shape index (κ1) is 20.6. The van der Waals surface area contributed by atoms with E-state index in [9.17, 15) is 4.79 Å². The van der Waals surface area contributed by atoms with E-state index < -0.39 is 6.10 Å². The minimum atomic E-state index is -0.583. The van der Waals surface area contributed by atoms with E-state index in [4.69, 9.17) is 14.2 Å². The van der Waals surface area contributed by atoms with Crippen LogP contribution in [0.15, 0.2) is 36.4 Å². The molecule has 0 aliphatic heterocycles. The second-order valence-electron chi connectivity index (χ2n) is 6.45. The zero-order chi connectivity index (χ0) is 19.8. The fourth-order valence-corrected chi connectivity index (χ4v) is 2.80. The van der Waals surface area contributed by atoms with Crippen LogP contribution in [-0.4, -0.2) is 25.2 Å². The lowest BCUT2D eigenvalue weighted by atomic mass is 10.1. The summed E-state index contributed by atoms with van der Waals surface area (Å²) < 4.78 is 17.0. The van der Waals surface area contributed by atoms with Crippen LogP contribution in [0.25, 0.3) is 0 Å². The molecule has 0 aromatic heterocycles. The highest BCUT2D eigenvalue weighted by atomic mass is 16.5. The Hall–Kier alpha value is -2.69. The van der Waals surface area contributed by atoms with Gasteiger partial charge in [-0.25, -0.2) is 0 Å². The van der Waals surface area contributed by atoms with Gasteiger partial charge in [-0.05, 0) is 75.6 Å². The van der Waals surface area contributed by atoms with Crippen LogP contribution < -0.4 is 19.5 Å². The van der Waals surface area contributed by atoms with Gasteiger partial charge in [0.2, 0.25) is 0 Å². The van der Waals surface area contributed by atoms with Gasteiger partial charge in [0.15, 0.2) is 17.6 Å². The average molecular weight is 371 g/mol. The molecule has 1 N–H and O–H groups in total. The first-order valence-corrected chi connectivity index (χ1v) is 9.34. The summed E-state index contributed by atoms with van der Waals surface area (Å²) in [5.41, 5.74) is 3.15. The van der Waals surface area contributed by atoms with Crippen LogP contribution in [0.5, 0.6) is 17.2 Å². The van der Waals surface area contributed by atoms with Crippen molar-refractivity contribution < 1.29 is 19.0 Å². The van der Waals surface area contributed by atoms with Crippen molar-refractivity contribution in [3.05, 3.63) is 53.1 Å². The number of rotatable bonds is 9. The van der Waals surface area contributed by atoms with E-state index in [1.54, 1.807) is 6.92 Å². The van der Waals surface area contributed by atoms with Crippen molar-refractivity contribution in [1.29, 1.82) is 0 Å². The highest BCUT2D eigenvalue weighted by Gasteiger charge is 2.15. The molecule has 27 heavy (non-hydrogen) atoms. The summed E-state index contributed by atoms with van der Waals surface area (Å²) in [7, 11) is 0. The molecule has 0 radical (unpaired) electrons. The maximum absolute atomic E-state index is 12.4. The summed E-state index contributed by atoms with van der Waals surface area (Å²) in [6.07, 6.45) is -0.583. The molecule has 5 nitrogen and oxygen atoms in total. The summed E-state index contributed by atoms with van der Waals surface area (Å²) >= 11 is 0. The predicted molar refractivity (Wildman–Crippen MR) is 107 cm³/mol. The Balaban J connectivity index is 1.96. The highest BCUT2D eigenvalue weighted by Crippen LogP contribution is 2.28. The smallest absolute Gasteiger partial charge is 0.261 e. The predicted octanol–water partition coefficient (Wildman–Crippen LogP) is 4.18. The van der Waals surface area contributed by atoms with Gasteiger partial charge < -0.3 is 19.5 Å². The fraction of sp³-hybridized carbons (Fsp3) is 0.409. The second-order valence-corrected chi connectivity index (χ2v) is 6.45. The first-order valence-electron chi connectivity index (χ1n) is 9.34. The van der Waals surface area contributed by atoms with Crippen LogP contribution in [0.3, 0.4) is 0 Å². The molecular weight excluding hydrogens is 342 g/mol. The van der Waals surface area contributed by atoms with Crippen molar-refractivity contribution >= 4 is 5.91 Å². The van der Waals surface area contributed by atoms with Crippen molar-refractivity contribution in [3.8, 4) is 17.2 Å². The molecule has 0 saturated heterocycles.